The van der Waals surface area contributed by atoms with E-state index < -0.39 is 11.7 Å². The molecule has 0 aliphatic heterocycles. The Kier molecular flexibility index (Phi) is 4.84. The van der Waals surface area contributed by atoms with Crippen molar-refractivity contribution in [2.24, 2.45) is 5.92 Å². The molecule has 0 saturated heterocycles. The molecule has 0 aliphatic rings. The molecule has 0 aliphatic carbocycles. The normalized spacial score (nSPS) is 12.0. The minimum atomic E-state index is -4.52. The maximum atomic E-state index is 12.9. The van der Waals surface area contributed by atoms with E-state index in [-0.39, 0.29) is 17.0 Å². The van der Waals surface area contributed by atoms with E-state index in [1.54, 1.807) is 6.07 Å². The SMILES string of the molecule is CC(C)/C=C\Cn1cnc(-c2cc(C#N)cc(C(F)(F)F)c2)n1. The highest BCUT2D eigenvalue weighted by Gasteiger charge is 2.31. The lowest BCUT2D eigenvalue weighted by atomic mass is 10.1. The van der Waals surface area contributed by atoms with Gasteiger partial charge in [0.1, 0.15) is 6.33 Å². The van der Waals surface area contributed by atoms with Crippen molar-refractivity contribution in [3.8, 4) is 17.5 Å². The Morgan fingerprint density at radius 2 is 2.04 bits per heavy atom. The fourth-order valence-corrected chi connectivity index (χ4v) is 1.94. The van der Waals surface area contributed by atoms with Gasteiger partial charge in [-0.2, -0.15) is 23.5 Å². The second kappa shape index (κ2) is 6.65. The summed E-state index contributed by atoms with van der Waals surface area (Å²) < 4.78 is 40.2. The number of nitrogens with zero attached hydrogens (tertiary/aromatic N) is 4. The quantitative estimate of drug-likeness (QED) is 0.799. The molecule has 0 unspecified atom stereocenters. The minimum Gasteiger partial charge on any atom is -0.249 e. The van der Waals surface area contributed by atoms with Crippen molar-refractivity contribution < 1.29 is 13.2 Å². The number of hydrogen-bond donors (Lipinski definition) is 0. The third kappa shape index (κ3) is 4.42. The Morgan fingerprint density at radius 1 is 1.30 bits per heavy atom. The molecule has 0 saturated carbocycles. The maximum Gasteiger partial charge on any atom is 0.416 e. The summed E-state index contributed by atoms with van der Waals surface area (Å²) in [4.78, 5) is 4.02. The predicted molar refractivity (Wildman–Crippen MR) is 79.2 cm³/mol. The Labute approximate surface area is 131 Å². The molecule has 120 valence electrons. The smallest absolute Gasteiger partial charge is 0.249 e. The standard InChI is InChI=1S/C16H15F3N4/c1-11(2)4-3-5-23-10-21-15(22-23)13-6-12(9-20)7-14(8-13)16(17,18)19/h3-4,6-8,10-11H,5H2,1-2H3/b4-3-. The van der Waals surface area contributed by atoms with Crippen LogP contribution in [0.4, 0.5) is 13.2 Å². The number of rotatable bonds is 4. The second-order valence-electron chi connectivity index (χ2n) is 5.37. The first kappa shape index (κ1) is 16.7. The molecule has 1 aromatic heterocycles. The van der Waals surface area contributed by atoms with Crippen molar-refractivity contribution >= 4 is 0 Å². The number of benzene rings is 1. The number of aromatic nitrogens is 3. The van der Waals surface area contributed by atoms with Crippen LogP contribution in [0.15, 0.2) is 36.7 Å². The fourth-order valence-electron chi connectivity index (χ4n) is 1.94. The molecular formula is C16H15F3N4. The van der Waals surface area contributed by atoms with E-state index in [0.29, 0.717) is 12.5 Å². The molecule has 7 heteroatoms. The predicted octanol–water partition coefficient (Wildman–Crippen LogP) is 4.05. The molecule has 0 bridgehead atoms. The minimum absolute atomic E-state index is 0.0779. The van der Waals surface area contributed by atoms with Crippen LogP contribution in [0.3, 0.4) is 0 Å². The van der Waals surface area contributed by atoms with Crippen LogP contribution in [0.1, 0.15) is 25.0 Å². The number of nitriles is 1. The molecule has 1 heterocycles. The molecule has 23 heavy (non-hydrogen) atoms. The maximum absolute atomic E-state index is 12.9. The van der Waals surface area contributed by atoms with Crippen LogP contribution in [0, 0.1) is 17.2 Å². The molecule has 2 aromatic rings. The van der Waals surface area contributed by atoms with Crippen LogP contribution in [0.5, 0.6) is 0 Å². The van der Waals surface area contributed by atoms with Crippen molar-refractivity contribution in [2.75, 3.05) is 0 Å². The molecule has 0 atom stereocenters. The largest absolute Gasteiger partial charge is 0.416 e. The van der Waals surface area contributed by atoms with Crippen LogP contribution in [-0.4, -0.2) is 14.8 Å². The van der Waals surface area contributed by atoms with Crippen molar-refractivity contribution in [1.29, 1.82) is 5.26 Å². The first-order chi connectivity index (χ1) is 10.8. The van der Waals surface area contributed by atoms with E-state index in [2.05, 4.69) is 10.1 Å². The molecule has 0 fully saturated rings. The highest BCUT2D eigenvalue weighted by molar-refractivity contribution is 5.59. The van der Waals surface area contributed by atoms with Gasteiger partial charge in [-0.3, -0.25) is 0 Å². The van der Waals surface area contributed by atoms with Gasteiger partial charge < -0.3 is 0 Å². The van der Waals surface area contributed by atoms with E-state index in [0.717, 1.165) is 12.1 Å². The van der Waals surface area contributed by atoms with E-state index in [1.165, 1.54) is 17.1 Å². The molecule has 1 aromatic carbocycles. The van der Waals surface area contributed by atoms with E-state index in [1.807, 2.05) is 26.0 Å². The van der Waals surface area contributed by atoms with Crippen LogP contribution >= 0.6 is 0 Å². The van der Waals surface area contributed by atoms with E-state index in [9.17, 15) is 13.2 Å². The van der Waals surface area contributed by atoms with Crippen molar-refractivity contribution in [2.45, 2.75) is 26.6 Å². The van der Waals surface area contributed by atoms with Gasteiger partial charge in [-0.05, 0) is 24.1 Å². The van der Waals surface area contributed by atoms with Crippen molar-refractivity contribution in [3.05, 3.63) is 47.8 Å². The van der Waals surface area contributed by atoms with Gasteiger partial charge >= 0.3 is 6.18 Å². The third-order valence-electron chi connectivity index (χ3n) is 3.00. The summed E-state index contributed by atoms with van der Waals surface area (Å²) >= 11 is 0. The zero-order valence-corrected chi connectivity index (χ0v) is 12.7. The fraction of sp³-hybridized carbons (Fsp3) is 0.312. The lowest BCUT2D eigenvalue weighted by Gasteiger charge is -2.08. The third-order valence-corrected chi connectivity index (χ3v) is 3.00. The lowest BCUT2D eigenvalue weighted by Crippen LogP contribution is -2.05. The van der Waals surface area contributed by atoms with Gasteiger partial charge in [0, 0.05) is 5.56 Å². The summed E-state index contributed by atoms with van der Waals surface area (Å²) in [5, 5.41) is 13.1. The zero-order chi connectivity index (χ0) is 17.0. The monoisotopic (exact) mass is 320 g/mol. The highest BCUT2D eigenvalue weighted by Crippen LogP contribution is 2.32. The Balaban J connectivity index is 2.32. The summed E-state index contributed by atoms with van der Waals surface area (Å²) in [5.74, 6) is 0.560. The molecule has 0 radical (unpaired) electrons. The molecule has 0 spiro atoms. The van der Waals surface area contributed by atoms with Crippen molar-refractivity contribution in [3.63, 3.8) is 0 Å². The Bertz CT molecular complexity index is 751. The summed E-state index contributed by atoms with van der Waals surface area (Å²) in [7, 11) is 0. The molecule has 2 rings (SSSR count). The first-order valence-electron chi connectivity index (χ1n) is 6.98. The summed E-state index contributed by atoms with van der Waals surface area (Å²) in [6.07, 6.45) is 0.839. The number of hydrogen-bond acceptors (Lipinski definition) is 3. The zero-order valence-electron chi connectivity index (χ0n) is 12.7. The van der Waals surface area contributed by atoms with Gasteiger partial charge in [-0.25, -0.2) is 9.67 Å². The van der Waals surface area contributed by atoms with Gasteiger partial charge in [0.25, 0.3) is 0 Å². The van der Waals surface area contributed by atoms with E-state index >= 15 is 0 Å². The topological polar surface area (TPSA) is 54.5 Å². The number of allylic oxidation sites excluding steroid dienone is 2. The van der Waals surface area contributed by atoms with Gasteiger partial charge in [0.05, 0.1) is 23.7 Å². The van der Waals surface area contributed by atoms with Crippen LogP contribution in [0.25, 0.3) is 11.4 Å². The van der Waals surface area contributed by atoms with Gasteiger partial charge in [0.15, 0.2) is 5.82 Å². The van der Waals surface area contributed by atoms with Crippen LogP contribution < -0.4 is 0 Å². The average Bonchev–Trinajstić information content (AvgIpc) is 2.94. The average molecular weight is 320 g/mol. The lowest BCUT2D eigenvalue weighted by molar-refractivity contribution is -0.137. The Hall–Kier alpha value is -2.62. The van der Waals surface area contributed by atoms with Crippen LogP contribution in [0.2, 0.25) is 0 Å². The molecular weight excluding hydrogens is 305 g/mol. The number of alkyl halides is 3. The van der Waals surface area contributed by atoms with E-state index in [4.69, 9.17) is 5.26 Å². The van der Waals surface area contributed by atoms with Crippen molar-refractivity contribution in [1.82, 2.24) is 14.8 Å². The Morgan fingerprint density at radius 3 is 2.65 bits per heavy atom. The van der Waals surface area contributed by atoms with Gasteiger partial charge in [-0.1, -0.05) is 26.0 Å². The molecule has 0 amide bonds. The highest BCUT2D eigenvalue weighted by atomic mass is 19.4. The summed E-state index contributed by atoms with van der Waals surface area (Å²) in [6, 6.07) is 4.84. The molecule has 4 nitrogen and oxygen atoms in total. The van der Waals surface area contributed by atoms with Gasteiger partial charge in [-0.15, -0.1) is 0 Å². The second-order valence-corrected chi connectivity index (χ2v) is 5.37. The number of halogens is 3. The van der Waals surface area contributed by atoms with Gasteiger partial charge in [0.2, 0.25) is 0 Å². The summed E-state index contributed by atoms with van der Waals surface area (Å²) in [5.41, 5.74) is -0.795. The van der Waals surface area contributed by atoms with Crippen LogP contribution in [-0.2, 0) is 12.7 Å². The molecule has 0 N–H and O–H groups in total. The first-order valence-corrected chi connectivity index (χ1v) is 6.98. The summed E-state index contributed by atoms with van der Waals surface area (Å²) in [6.45, 7) is 4.56.